The Hall–Kier alpha value is -0.126. The number of nitrogens with two attached hydrogens (primary N) is 1. The van der Waals surface area contributed by atoms with Crippen molar-refractivity contribution < 1.29 is 32.7 Å². The van der Waals surface area contributed by atoms with Crippen LogP contribution in [0.2, 0.25) is 0 Å². The van der Waals surface area contributed by atoms with Gasteiger partial charge in [0, 0.05) is 44.9 Å². The fourth-order valence-corrected chi connectivity index (χ4v) is 0.518. The second-order valence-electron chi connectivity index (χ2n) is 1.69. The molecule has 11 heavy (non-hydrogen) atoms. The van der Waals surface area contributed by atoms with E-state index in [1.807, 2.05) is 0 Å². The van der Waals surface area contributed by atoms with Crippen LogP contribution in [-0.4, -0.2) is 21.6 Å². The molecule has 1 heterocycles. The van der Waals surface area contributed by atoms with E-state index in [9.17, 15) is 0 Å². The average molecular weight is 227 g/mol. The van der Waals surface area contributed by atoms with Crippen LogP contribution >= 0.6 is 0 Å². The van der Waals surface area contributed by atoms with E-state index in [2.05, 4.69) is 26.6 Å². The Morgan fingerprint density at radius 2 is 2.27 bits per heavy atom. The maximum absolute atomic E-state index is 5.19. The van der Waals surface area contributed by atoms with Gasteiger partial charge in [-0.15, -0.1) is 0 Å². The number of hydrogen-bond donors (Lipinski definition) is 2. The topological polar surface area (TPSA) is 76.7 Å². The van der Waals surface area contributed by atoms with Crippen molar-refractivity contribution in [3.63, 3.8) is 0 Å². The standard InChI is InChI=1S/C5H8N5.Y/c1-4-8-3-9-5(10-4)7-2-6;/h2,6H2,1H3,(H,7,8,9,10);/q-1;. The predicted molar refractivity (Wildman–Crippen MR) is 36.1 cm³/mol. The van der Waals surface area contributed by atoms with Gasteiger partial charge in [0.05, 0.1) is 6.67 Å². The van der Waals surface area contributed by atoms with Crippen LogP contribution in [0, 0.1) is 13.3 Å². The van der Waals surface area contributed by atoms with E-state index in [1.165, 1.54) is 0 Å². The molecule has 0 aliphatic heterocycles. The predicted octanol–water partition coefficient (Wildman–Crippen LogP) is -0.694. The Labute approximate surface area is 90.1 Å². The van der Waals surface area contributed by atoms with Crippen molar-refractivity contribution in [2.75, 3.05) is 12.0 Å². The van der Waals surface area contributed by atoms with Crippen molar-refractivity contribution in [2.45, 2.75) is 6.92 Å². The number of hydrogen-bond acceptors (Lipinski definition) is 5. The smallest absolute Gasteiger partial charge is 0.110 e. The van der Waals surface area contributed by atoms with Crippen molar-refractivity contribution >= 4 is 5.95 Å². The summed E-state index contributed by atoms with van der Waals surface area (Å²) < 4.78 is 0. The summed E-state index contributed by atoms with van der Waals surface area (Å²) in [6.07, 6.45) is 2.43. The summed E-state index contributed by atoms with van der Waals surface area (Å²) >= 11 is 0. The van der Waals surface area contributed by atoms with Gasteiger partial charge >= 0.3 is 0 Å². The maximum atomic E-state index is 5.19. The Kier molecular flexibility index (Phi) is 5.45. The molecule has 0 aliphatic carbocycles. The number of nitrogens with zero attached hydrogens (tertiary/aromatic N) is 3. The van der Waals surface area contributed by atoms with Gasteiger partial charge in [0.2, 0.25) is 0 Å². The van der Waals surface area contributed by atoms with Crippen LogP contribution < -0.4 is 11.1 Å². The first-order valence-electron chi connectivity index (χ1n) is 2.85. The first-order valence-corrected chi connectivity index (χ1v) is 2.85. The minimum Gasteiger partial charge on any atom is -0.395 e. The zero-order chi connectivity index (χ0) is 7.40. The minimum absolute atomic E-state index is 0. The molecule has 1 rings (SSSR count). The van der Waals surface area contributed by atoms with Crippen molar-refractivity contribution in [1.29, 1.82) is 0 Å². The maximum Gasteiger partial charge on any atom is 0.110 e. The Balaban J connectivity index is 0.000001000. The van der Waals surface area contributed by atoms with Crippen LogP contribution in [-0.2, 0) is 32.7 Å². The van der Waals surface area contributed by atoms with Gasteiger partial charge in [0.15, 0.2) is 0 Å². The Morgan fingerprint density at radius 1 is 1.55 bits per heavy atom. The summed E-state index contributed by atoms with van der Waals surface area (Å²) in [5, 5.41) is 2.73. The average Bonchev–Trinajstić information content (AvgIpc) is 1.88. The first kappa shape index (κ1) is 10.9. The zero-order valence-electron chi connectivity index (χ0n) is 6.20. The van der Waals surface area contributed by atoms with E-state index in [0.717, 1.165) is 0 Å². The largest absolute Gasteiger partial charge is 0.395 e. The van der Waals surface area contributed by atoms with Crippen LogP contribution in [0.5, 0.6) is 0 Å². The van der Waals surface area contributed by atoms with Gasteiger partial charge in [0.25, 0.3) is 0 Å². The van der Waals surface area contributed by atoms with Gasteiger partial charge in [-0.25, -0.2) is 0 Å². The molecule has 0 saturated heterocycles. The van der Waals surface area contributed by atoms with Crippen molar-refractivity contribution in [3.8, 4) is 0 Å². The molecule has 1 radical (unpaired) electrons. The third-order valence-electron chi connectivity index (χ3n) is 0.896. The van der Waals surface area contributed by atoms with Gasteiger partial charge in [0.1, 0.15) is 5.95 Å². The quantitative estimate of drug-likeness (QED) is 0.516. The summed E-state index contributed by atoms with van der Waals surface area (Å²) in [4.78, 5) is 11.3. The molecule has 1 aromatic rings. The molecule has 3 N–H and O–H groups in total. The molecule has 0 unspecified atom stereocenters. The third-order valence-corrected chi connectivity index (χ3v) is 0.896. The van der Waals surface area contributed by atoms with E-state index >= 15 is 0 Å². The molecule has 0 aromatic carbocycles. The Morgan fingerprint density at radius 3 is 2.82 bits per heavy atom. The fraction of sp³-hybridized carbons (Fsp3) is 0.400. The second kappa shape index (κ2) is 5.51. The first-order chi connectivity index (χ1) is 4.83. The third kappa shape index (κ3) is 3.69. The number of aromatic nitrogens is 3. The molecule has 0 spiro atoms. The summed E-state index contributed by atoms with van der Waals surface area (Å²) in [5.41, 5.74) is 5.19. The number of nitrogens with one attached hydrogen (secondary N) is 1. The molecule has 0 fully saturated rings. The molecule has 0 bridgehead atoms. The SMILES string of the molecule is Cc1n[c-]nc(NCN)n1.[Y]. The van der Waals surface area contributed by atoms with E-state index in [4.69, 9.17) is 5.73 Å². The van der Waals surface area contributed by atoms with Gasteiger partial charge in [-0.2, -0.15) is 0 Å². The van der Waals surface area contributed by atoms with Crippen LogP contribution in [0.25, 0.3) is 0 Å². The summed E-state index contributed by atoms with van der Waals surface area (Å²) in [6, 6.07) is 0. The molecular formula is C5H8N5Y-. The molecule has 0 saturated carbocycles. The monoisotopic (exact) mass is 227 g/mol. The molecule has 1 aromatic heterocycles. The minimum atomic E-state index is 0. The second-order valence-corrected chi connectivity index (χ2v) is 1.69. The summed E-state index contributed by atoms with van der Waals surface area (Å²) in [7, 11) is 0. The van der Waals surface area contributed by atoms with Crippen molar-refractivity contribution in [2.24, 2.45) is 5.73 Å². The molecule has 6 heteroatoms. The van der Waals surface area contributed by atoms with Crippen LogP contribution in [0.15, 0.2) is 0 Å². The van der Waals surface area contributed by atoms with Crippen molar-refractivity contribution in [3.05, 3.63) is 12.2 Å². The van der Waals surface area contributed by atoms with Crippen molar-refractivity contribution in [1.82, 2.24) is 15.0 Å². The van der Waals surface area contributed by atoms with E-state index in [-0.39, 0.29) is 32.7 Å². The normalized spacial score (nSPS) is 8.55. The van der Waals surface area contributed by atoms with Gasteiger partial charge in [-0.3, -0.25) is 0 Å². The van der Waals surface area contributed by atoms with Gasteiger partial charge < -0.3 is 26.0 Å². The van der Waals surface area contributed by atoms with Crippen LogP contribution in [0.3, 0.4) is 0 Å². The van der Waals surface area contributed by atoms with Gasteiger partial charge in [-0.05, 0) is 0 Å². The summed E-state index contributed by atoms with van der Waals surface area (Å²) in [5.74, 6) is 1.10. The number of anilines is 1. The molecule has 0 amide bonds. The van der Waals surface area contributed by atoms with Crippen LogP contribution in [0.4, 0.5) is 5.95 Å². The summed E-state index contributed by atoms with van der Waals surface area (Å²) in [6.45, 7) is 2.08. The molecule has 0 atom stereocenters. The zero-order valence-corrected chi connectivity index (χ0v) is 9.04. The fourth-order valence-electron chi connectivity index (χ4n) is 0.518. The van der Waals surface area contributed by atoms with E-state index < -0.39 is 0 Å². The molecule has 0 aliphatic rings. The van der Waals surface area contributed by atoms with E-state index in [1.54, 1.807) is 6.92 Å². The number of rotatable bonds is 2. The van der Waals surface area contributed by atoms with Gasteiger partial charge in [-0.1, -0.05) is 6.92 Å². The molecule has 57 valence electrons. The molecular weight excluding hydrogens is 219 g/mol. The number of aryl methyl sites for hydroxylation is 1. The van der Waals surface area contributed by atoms with E-state index in [0.29, 0.717) is 18.4 Å². The molecule has 5 nitrogen and oxygen atoms in total. The Bertz CT molecular complexity index is 216. The van der Waals surface area contributed by atoms with Crippen LogP contribution in [0.1, 0.15) is 5.82 Å².